The first kappa shape index (κ1) is 14.6. The predicted octanol–water partition coefficient (Wildman–Crippen LogP) is 2.30. The van der Waals surface area contributed by atoms with E-state index in [0.29, 0.717) is 0 Å². The zero-order chi connectivity index (χ0) is 14.8. The largest absolute Gasteiger partial charge is 0.357 e. The van der Waals surface area contributed by atoms with Gasteiger partial charge in [0, 0.05) is 32.2 Å². The van der Waals surface area contributed by atoms with Crippen LogP contribution in [0.3, 0.4) is 0 Å². The summed E-state index contributed by atoms with van der Waals surface area (Å²) < 4.78 is 5.97. The molecule has 0 radical (unpaired) electrons. The zero-order valence-electron chi connectivity index (χ0n) is 13.5. The summed E-state index contributed by atoms with van der Waals surface area (Å²) in [6.07, 6.45) is 14.8. The smallest absolute Gasteiger partial charge is 0.148 e. The molecule has 2 saturated carbocycles. The fourth-order valence-corrected chi connectivity index (χ4v) is 3.60. The number of allylic oxidation sites excluding steroid dienone is 2. The van der Waals surface area contributed by atoms with Gasteiger partial charge >= 0.3 is 0 Å². The highest BCUT2D eigenvalue weighted by Gasteiger charge is 2.28. The van der Waals surface area contributed by atoms with Crippen molar-refractivity contribution < 1.29 is 4.74 Å². The molecule has 4 aliphatic rings. The van der Waals surface area contributed by atoms with Crippen molar-refractivity contribution in [2.45, 2.75) is 50.8 Å². The molecule has 1 atom stereocenters. The van der Waals surface area contributed by atoms with Crippen LogP contribution in [0.4, 0.5) is 0 Å². The lowest BCUT2D eigenvalue weighted by Gasteiger charge is -2.37. The number of ether oxygens (including phenoxy) is 1. The fourth-order valence-electron chi connectivity index (χ4n) is 3.60. The third-order valence-electron chi connectivity index (χ3n) is 5.50. The third kappa shape index (κ3) is 3.49. The Morgan fingerprint density at radius 3 is 2.73 bits per heavy atom. The second kappa shape index (κ2) is 6.63. The summed E-state index contributed by atoms with van der Waals surface area (Å²) >= 11 is 0. The van der Waals surface area contributed by atoms with Crippen molar-refractivity contribution in [1.82, 2.24) is 15.1 Å². The van der Waals surface area contributed by atoms with Crippen molar-refractivity contribution >= 4 is 0 Å². The molecule has 4 rings (SSSR count). The van der Waals surface area contributed by atoms with E-state index in [2.05, 4.69) is 33.3 Å². The van der Waals surface area contributed by atoms with Gasteiger partial charge in [0.2, 0.25) is 0 Å². The van der Waals surface area contributed by atoms with Crippen molar-refractivity contribution in [2.75, 3.05) is 32.8 Å². The lowest BCUT2D eigenvalue weighted by Crippen LogP contribution is -2.44. The summed E-state index contributed by atoms with van der Waals surface area (Å²) in [4.78, 5) is 5.22. The number of dihydropyridines is 1. The van der Waals surface area contributed by atoms with Crippen molar-refractivity contribution in [3.63, 3.8) is 0 Å². The molecule has 4 heteroatoms. The number of nitrogens with one attached hydrogen (secondary N) is 1. The molecule has 1 unspecified atom stereocenters. The summed E-state index contributed by atoms with van der Waals surface area (Å²) in [7, 11) is 0. The Balaban J connectivity index is 1.29. The van der Waals surface area contributed by atoms with Crippen LogP contribution in [-0.4, -0.2) is 54.9 Å². The molecule has 22 heavy (non-hydrogen) atoms. The molecule has 0 aromatic heterocycles. The van der Waals surface area contributed by atoms with E-state index < -0.39 is 0 Å². The summed E-state index contributed by atoms with van der Waals surface area (Å²) in [6.45, 7) is 5.68. The normalized spacial score (nSPS) is 30.5. The van der Waals surface area contributed by atoms with Crippen molar-refractivity contribution in [3.05, 3.63) is 24.0 Å². The average molecular weight is 303 g/mol. The van der Waals surface area contributed by atoms with E-state index in [9.17, 15) is 0 Å². The van der Waals surface area contributed by atoms with E-state index in [-0.39, 0.29) is 6.23 Å². The van der Waals surface area contributed by atoms with Crippen molar-refractivity contribution in [1.29, 1.82) is 0 Å². The Labute approximate surface area is 134 Å². The lowest BCUT2D eigenvalue weighted by molar-refractivity contribution is 0.0533. The molecule has 2 aliphatic heterocycles. The number of nitrogens with zero attached hydrogens (tertiary/aromatic N) is 2. The minimum absolute atomic E-state index is 0.0617. The van der Waals surface area contributed by atoms with Crippen LogP contribution in [0.25, 0.3) is 0 Å². The van der Waals surface area contributed by atoms with Gasteiger partial charge in [-0.2, -0.15) is 0 Å². The van der Waals surface area contributed by atoms with E-state index in [1.54, 1.807) is 0 Å². The molecule has 0 aromatic carbocycles. The SMILES string of the molecule is C1=CC(OCC2CC2)NC(N2CCCN(C3CCC3)CC2)=C1. The van der Waals surface area contributed by atoms with Gasteiger partial charge in [-0.3, -0.25) is 4.90 Å². The Morgan fingerprint density at radius 2 is 1.95 bits per heavy atom. The van der Waals surface area contributed by atoms with Crippen LogP contribution in [-0.2, 0) is 4.74 Å². The highest BCUT2D eigenvalue weighted by Crippen LogP contribution is 2.29. The van der Waals surface area contributed by atoms with Crippen LogP contribution in [0.5, 0.6) is 0 Å². The Kier molecular flexibility index (Phi) is 4.39. The molecule has 3 fully saturated rings. The van der Waals surface area contributed by atoms with Gasteiger partial charge in [-0.1, -0.05) is 12.5 Å². The van der Waals surface area contributed by atoms with Crippen LogP contribution in [0.2, 0.25) is 0 Å². The maximum atomic E-state index is 5.97. The molecule has 1 N–H and O–H groups in total. The third-order valence-corrected chi connectivity index (χ3v) is 5.50. The molecule has 0 amide bonds. The van der Waals surface area contributed by atoms with E-state index in [1.807, 2.05) is 0 Å². The van der Waals surface area contributed by atoms with E-state index >= 15 is 0 Å². The standard InChI is InChI=1S/C18H29N3O/c1-4-16(5-1)20-10-3-11-21(13-12-20)17-6-2-7-18(19-17)22-14-15-8-9-15/h2,6-7,15-16,18-19H,1,3-5,8-14H2. The highest BCUT2D eigenvalue weighted by molar-refractivity contribution is 5.18. The maximum Gasteiger partial charge on any atom is 0.148 e. The molecular formula is C18H29N3O. The van der Waals surface area contributed by atoms with Gasteiger partial charge in [0.25, 0.3) is 0 Å². The van der Waals surface area contributed by atoms with Gasteiger partial charge in [-0.15, -0.1) is 0 Å². The van der Waals surface area contributed by atoms with Crippen molar-refractivity contribution in [3.8, 4) is 0 Å². The second-order valence-corrected chi connectivity index (χ2v) is 7.24. The average Bonchev–Trinajstić information content (AvgIpc) is 3.31. The summed E-state index contributed by atoms with van der Waals surface area (Å²) in [5, 5.41) is 3.57. The molecule has 4 nitrogen and oxygen atoms in total. The van der Waals surface area contributed by atoms with Gasteiger partial charge < -0.3 is 15.0 Å². The molecule has 0 aromatic rings. The minimum Gasteiger partial charge on any atom is -0.357 e. The Bertz CT molecular complexity index is 440. The van der Waals surface area contributed by atoms with Gasteiger partial charge in [0.15, 0.2) is 0 Å². The first-order chi connectivity index (χ1) is 10.9. The lowest BCUT2D eigenvalue weighted by atomic mass is 9.91. The van der Waals surface area contributed by atoms with E-state index in [4.69, 9.17) is 4.74 Å². The topological polar surface area (TPSA) is 27.7 Å². The summed E-state index contributed by atoms with van der Waals surface area (Å²) in [5.41, 5.74) is 0. The minimum atomic E-state index is 0.0617. The number of hydrogen-bond donors (Lipinski definition) is 1. The Hall–Kier alpha value is -1.00. The van der Waals surface area contributed by atoms with Crippen LogP contribution in [0.1, 0.15) is 38.5 Å². The maximum absolute atomic E-state index is 5.97. The monoisotopic (exact) mass is 303 g/mol. The van der Waals surface area contributed by atoms with Crippen LogP contribution in [0, 0.1) is 5.92 Å². The molecular weight excluding hydrogens is 274 g/mol. The molecule has 2 heterocycles. The van der Waals surface area contributed by atoms with Crippen LogP contribution < -0.4 is 5.32 Å². The van der Waals surface area contributed by atoms with Crippen LogP contribution in [0.15, 0.2) is 24.0 Å². The molecule has 1 saturated heterocycles. The predicted molar refractivity (Wildman–Crippen MR) is 88.2 cm³/mol. The number of rotatable bonds is 5. The van der Waals surface area contributed by atoms with Gasteiger partial charge in [-0.25, -0.2) is 0 Å². The first-order valence-corrected chi connectivity index (χ1v) is 9.14. The molecule has 122 valence electrons. The zero-order valence-corrected chi connectivity index (χ0v) is 13.5. The summed E-state index contributed by atoms with van der Waals surface area (Å²) in [6, 6.07) is 0.878. The molecule has 2 aliphatic carbocycles. The quantitative estimate of drug-likeness (QED) is 0.843. The highest BCUT2D eigenvalue weighted by atomic mass is 16.5. The fraction of sp³-hybridized carbons (Fsp3) is 0.778. The van der Waals surface area contributed by atoms with Crippen molar-refractivity contribution in [2.24, 2.45) is 5.92 Å². The first-order valence-electron chi connectivity index (χ1n) is 9.14. The van der Waals surface area contributed by atoms with Gasteiger partial charge in [0.05, 0.1) is 6.61 Å². The Morgan fingerprint density at radius 1 is 1.05 bits per heavy atom. The van der Waals surface area contributed by atoms with Gasteiger partial charge in [0.1, 0.15) is 12.0 Å². The molecule has 0 spiro atoms. The summed E-state index contributed by atoms with van der Waals surface area (Å²) in [5.74, 6) is 2.07. The number of hydrogen-bond acceptors (Lipinski definition) is 4. The second-order valence-electron chi connectivity index (χ2n) is 7.24. The van der Waals surface area contributed by atoms with Gasteiger partial charge in [-0.05, 0) is 50.2 Å². The van der Waals surface area contributed by atoms with E-state index in [0.717, 1.165) is 31.7 Å². The van der Waals surface area contributed by atoms with Crippen LogP contribution >= 0.6 is 0 Å². The molecule has 0 bridgehead atoms. The van der Waals surface area contributed by atoms with E-state index in [1.165, 1.54) is 57.4 Å².